The van der Waals surface area contributed by atoms with Crippen LogP contribution in [-0.2, 0) is 9.59 Å². The van der Waals surface area contributed by atoms with Crippen molar-refractivity contribution in [2.75, 3.05) is 6.54 Å². The van der Waals surface area contributed by atoms with Gasteiger partial charge in [0.05, 0.1) is 18.6 Å². The summed E-state index contributed by atoms with van der Waals surface area (Å²) in [5.74, 6) is -1.21. The van der Waals surface area contributed by atoms with Gasteiger partial charge in [-0.2, -0.15) is 0 Å². The van der Waals surface area contributed by atoms with Crippen LogP contribution in [0, 0.1) is 11.7 Å². The lowest BCUT2D eigenvalue weighted by Gasteiger charge is -2.18. The van der Waals surface area contributed by atoms with E-state index in [4.69, 9.17) is 17.3 Å². The molecule has 0 heterocycles. The Labute approximate surface area is 146 Å². The molecule has 0 aliphatic carbocycles. The number of carbonyl (C=O) groups excluding carboxylic acids is 2. The molecular weight excluding hydrogens is 344 g/mol. The number of carbonyl (C=O) groups is 2. The zero-order chi connectivity index (χ0) is 16.9. The molecule has 23 heavy (non-hydrogen) atoms. The Hall–Kier alpha value is -1.37. The van der Waals surface area contributed by atoms with Crippen molar-refractivity contribution < 1.29 is 14.0 Å². The Morgan fingerprint density at radius 2 is 1.91 bits per heavy atom. The van der Waals surface area contributed by atoms with Crippen molar-refractivity contribution >= 4 is 35.8 Å². The number of hydrogen-bond acceptors (Lipinski definition) is 3. The van der Waals surface area contributed by atoms with Crippen LogP contribution in [0.15, 0.2) is 18.2 Å². The van der Waals surface area contributed by atoms with Gasteiger partial charge in [0, 0.05) is 5.02 Å². The Morgan fingerprint density at radius 1 is 1.30 bits per heavy atom. The van der Waals surface area contributed by atoms with Gasteiger partial charge in [-0.05, 0) is 30.5 Å². The van der Waals surface area contributed by atoms with Crippen LogP contribution in [0.4, 0.5) is 4.39 Å². The van der Waals surface area contributed by atoms with Gasteiger partial charge in [0.15, 0.2) is 0 Å². The zero-order valence-corrected chi connectivity index (χ0v) is 14.8. The van der Waals surface area contributed by atoms with E-state index in [2.05, 4.69) is 10.6 Å². The van der Waals surface area contributed by atoms with Gasteiger partial charge in [0.2, 0.25) is 11.8 Å². The van der Waals surface area contributed by atoms with Crippen LogP contribution in [0.3, 0.4) is 0 Å². The van der Waals surface area contributed by atoms with Gasteiger partial charge in [-0.3, -0.25) is 9.59 Å². The highest BCUT2D eigenvalue weighted by Gasteiger charge is 2.18. The number of hydrogen-bond donors (Lipinski definition) is 3. The van der Waals surface area contributed by atoms with Crippen molar-refractivity contribution in [2.45, 2.75) is 32.9 Å². The molecule has 0 aliphatic rings. The Kier molecular flexibility index (Phi) is 9.12. The summed E-state index contributed by atoms with van der Waals surface area (Å²) in [6.45, 7) is 5.19. The van der Waals surface area contributed by atoms with Crippen molar-refractivity contribution in [1.82, 2.24) is 10.6 Å². The van der Waals surface area contributed by atoms with Gasteiger partial charge in [-0.1, -0.05) is 31.5 Å². The zero-order valence-electron chi connectivity index (χ0n) is 13.2. The smallest absolute Gasteiger partial charge is 0.239 e. The topological polar surface area (TPSA) is 84.2 Å². The molecule has 2 atom stereocenters. The average molecular weight is 366 g/mol. The monoisotopic (exact) mass is 365 g/mol. The third kappa shape index (κ3) is 6.72. The highest BCUT2D eigenvalue weighted by Crippen LogP contribution is 2.23. The first-order chi connectivity index (χ1) is 10.2. The van der Waals surface area contributed by atoms with Crippen LogP contribution in [0.25, 0.3) is 0 Å². The predicted octanol–water partition coefficient (Wildman–Crippen LogP) is 2.18. The minimum Gasteiger partial charge on any atom is -0.348 e. The fourth-order valence-corrected chi connectivity index (χ4v) is 2.14. The molecule has 1 rings (SSSR count). The molecule has 0 aliphatic heterocycles. The largest absolute Gasteiger partial charge is 0.348 e. The van der Waals surface area contributed by atoms with Crippen molar-refractivity contribution in [3.8, 4) is 0 Å². The maximum absolute atomic E-state index is 13.0. The summed E-state index contributed by atoms with van der Waals surface area (Å²) < 4.78 is 13.0. The summed E-state index contributed by atoms with van der Waals surface area (Å²) in [6, 6.07) is 2.90. The second-order valence-corrected chi connectivity index (χ2v) is 5.85. The molecule has 0 radical (unpaired) electrons. The first-order valence-electron chi connectivity index (χ1n) is 7.00. The number of nitrogens with two attached hydrogens (primary N) is 1. The molecule has 130 valence electrons. The molecular formula is C15H22Cl2FN3O2. The molecule has 0 aromatic heterocycles. The number of halogens is 3. The predicted molar refractivity (Wildman–Crippen MR) is 91.0 cm³/mol. The third-order valence-electron chi connectivity index (χ3n) is 3.25. The molecule has 1 aromatic rings. The second-order valence-electron chi connectivity index (χ2n) is 5.44. The number of nitrogens with one attached hydrogen (secondary N) is 2. The van der Waals surface area contributed by atoms with Gasteiger partial charge >= 0.3 is 0 Å². The van der Waals surface area contributed by atoms with Gasteiger partial charge in [-0.15, -0.1) is 12.4 Å². The number of benzene rings is 1. The minimum absolute atomic E-state index is 0. The van der Waals surface area contributed by atoms with Crippen molar-refractivity contribution in [2.24, 2.45) is 11.7 Å². The number of rotatable bonds is 6. The van der Waals surface area contributed by atoms with Crippen molar-refractivity contribution in [1.29, 1.82) is 0 Å². The standard InChI is InChI=1S/C15H21ClFN3O2.ClH/c1-8(2)14(18)15(22)19-7-13(21)20-9(3)11-5-4-10(17)6-12(11)16;/h4-6,8-9,14H,7,18H2,1-3H3,(H,19,22)(H,20,21);1H/t9?,14-;/m0./s1. The molecule has 5 nitrogen and oxygen atoms in total. The van der Waals surface area contributed by atoms with Gasteiger partial charge in [0.1, 0.15) is 5.82 Å². The highest BCUT2D eigenvalue weighted by atomic mass is 35.5. The van der Waals surface area contributed by atoms with E-state index in [1.165, 1.54) is 18.2 Å². The van der Waals surface area contributed by atoms with Crippen LogP contribution in [0.5, 0.6) is 0 Å². The second kappa shape index (κ2) is 9.70. The normalized spacial score (nSPS) is 13.0. The summed E-state index contributed by atoms with van der Waals surface area (Å²) in [5.41, 5.74) is 6.27. The van der Waals surface area contributed by atoms with E-state index in [-0.39, 0.29) is 41.7 Å². The van der Waals surface area contributed by atoms with Crippen LogP contribution in [0.1, 0.15) is 32.4 Å². The third-order valence-corrected chi connectivity index (χ3v) is 3.58. The summed E-state index contributed by atoms with van der Waals surface area (Å²) in [5, 5.41) is 5.39. The van der Waals surface area contributed by atoms with Crippen molar-refractivity contribution in [3.05, 3.63) is 34.6 Å². The van der Waals surface area contributed by atoms with Gasteiger partial charge in [-0.25, -0.2) is 4.39 Å². The molecule has 1 aromatic carbocycles. The van der Waals surface area contributed by atoms with E-state index in [9.17, 15) is 14.0 Å². The van der Waals surface area contributed by atoms with E-state index in [0.717, 1.165) is 0 Å². The maximum Gasteiger partial charge on any atom is 0.239 e. The first kappa shape index (κ1) is 21.6. The minimum atomic E-state index is -0.656. The summed E-state index contributed by atoms with van der Waals surface area (Å²) in [7, 11) is 0. The summed E-state index contributed by atoms with van der Waals surface area (Å²) in [4.78, 5) is 23.5. The lowest BCUT2D eigenvalue weighted by molar-refractivity contribution is -0.127. The summed E-state index contributed by atoms with van der Waals surface area (Å²) >= 11 is 5.93. The lowest BCUT2D eigenvalue weighted by atomic mass is 10.1. The molecule has 0 saturated heterocycles. The van der Waals surface area contributed by atoms with E-state index in [1.54, 1.807) is 6.92 Å². The fourth-order valence-electron chi connectivity index (χ4n) is 1.81. The van der Waals surface area contributed by atoms with Crippen LogP contribution in [-0.4, -0.2) is 24.4 Å². The fraction of sp³-hybridized carbons (Fsp3) is 0.467. The SMILES string of the molecule is CC(NC(=O)CNC(=O)[C@@H](N)C(C)C)c1ccc(F)cc1Cl.Cl. The quantitative estimate of drug-likeness (QED) is 0.722. The van der Waals surface area contributed by atoms with Crippen LogP contribution in [0.2, 0.25) is 5.02 Å². The van der Waals surface area contributed by atoms with Gasteiger partial charge < -0.3 is 16.4 Å². The van der Waals surface area contributed by atoms with Crippen LogP contribution < -0.4 is 16.4 Å². The lowest BCUT2D eigenvalue weighted by Crippen LogP contribution is -2.47. The molecule has 8 heteroatoms. The Balaban J connectivity index is 0.00000484. The first-order valence-corrected chi connectivity index (χ1v) is 7.37. The summed E-state index contributed by atoms with van der Waals surface area (Å²) in [6.07, 6.45) is 0. The Morgan fingerprint density at radius 3 is 2.43 bits per heavy atom. The average Bonchev–Trinajstić information content (AvgIpc) is 2.43. The van der Waals surface area contributed by atoms with Crippen LogP contribution >= 0.6 is 24.0 Å². The molecule has 0 spiro atoms. The van der Waals surface area contributed by atoms with Crippen molar-refractivity contribution in [3.63, 3.8) is 0 Å². The Bertz CT molecular complexity index is 556. The van der Waals surface area contributed by atoms with E-state index < -0.39 is 17.9 Å². The number of amides is 2. The van der Waals surface area contributed by atoms with E-state index >= 15 is 0 Å². The highest BCUT2D eigenvalue weighted by molar-refractivity contribution is 6.31. The molecule has 0 saturated carbocycles. The maximum atomic E-state index is 13.0. The van der Waals surface area contributed by atoms with E-state index in [1.807, 2.05) is 13.8 Å². The van der Waals surface area contributed by atoms with E-state index in [0.29, 0.717) is 5.56 Å². The van der Waals surface area contributed by atoms with Gasteiger partial charge in [0.25, 0.3) is 0 Å². The molecule has 1 unspecified atom stereocenters. The molecule has 2 amide bonds. The molecule has 0 bridgehead atoms. The molecule has 4 N–H and O–H groups in total. The molecule has 0 fully saturated rings.